The minimum Gasteiger partial charge on any atom is -0.354 e. The van der Waals surface area contributed by atoms with Crippen LogP contribution in [0.15, 0.2) is 35.3 Å². The largest absolute Gasteiger partial charge is 0.354 e. The highest BCUT2D eigenvalue weighted by Crippen LogP contribution is 2.29. The third-order valence-electron chi connectivity index (χ3n) is 5.97. The lowest BCUT2D eigenvalue weighted by molar-refractivity contribution is -0.123. The Bertz CT molecular complexity index is 1080. The average Bonchev–Trinajstić information content (AvgIpc) is 3.09. The van der Waals surface area contributed by atoms with Crippen molar-refractivity contribution in [1.29, 1.82) is 0 Å². The molecule has 1 aliphatic heterocycles. The van der Waals surface area contributed by atoms with Crippen LogP contribution in [0.1, 0.15) is 38.6 Å². The molecule has 1 fully saturated rings. The number of benzene rings is 1. The zero-order chi connectivity index (χ0) is 20.4. The maximum Gasteiger partial charge on any atom is 0.291 e. The van der Waals surface area contributed by atoms with E-state index in [1.807, 2.05) is 35.8 Å². The number of piperidine rings is 1. The molecule has 7 nitrogen and oxygen atoms in total. The molecule has 0 unspecified atom stereocenters. The van der Waals surface area contributed by atoms with Crippen LogP contribution in [0.3, 0.4) is 0 Å². The number of carbonyl (C=O) groups is 1. The van der Waals surface area contributed by atoms with E-state index < -0.39 is 6.04 Å². The molecular weight excluding hydrogens is 366 g/mol. The summed E-state index contributed by atoms with van der Waals surface area (Å²) in [6.45, 7) is 5.87. The second-order valence-corrected chi connectivity index (χ2v) is 7.95. The molecule has 0 aliphatic carbocycles. The zero-order valence-electron chi connectivity index (χ0n) is 17.2. The van der Waals surface area contributed by atoms with Gasteiger partial charge in [0.25, 0.3) is 5.56 Å². The van der Waals surface area contributed by atoms with Crippen LogP contribution >= 0.6 is 0 Å². The maximum atomic E-state index is 12.9. The predicted molar refractivity (Wildman–Crippen MR) is 115 cm³/mol. The molecule has 4 rings (SSSR count). The molecule has 2 aromatic heterocycles. The van der Waals surface area contributed by atoms with Gasteiger partial charge >= 0.3 is 0 Å². The molecular formula is C22H29N5O2. The summed E-state index contributed by atoms with van der Waals surface area (Å²) in [7, 11) is 1.63. The standard InChI is InChI=1S/C22H29N5O2/c1-16(21(28)23-11-8-14-26-12-6-3-7-13-26)27-19-10-5-4-9-17(19)18-15-24-25(2)22(29)20(18)27/h4-5,9-10,15-16H,3,6-8,11-14H2,1-2H3,(H,23,28)/t16-/m1/s1. The highest BCUT2D eigenvalue weighted by atomic mass is 16.2. The number of nitrogens with zero attached hydrogens (tertiary/aromatic N) is 4. The molecule has 1 atom stereocenters. The van der Waals surface area contributed by atoms with Crippen molar-refractivity contribution in [2.24, 2.45) is 7.05 Å². The van der Waals surface area contributed by atoms with E-state index in [1.54, 1.807) is 13.2 Å². The van der Waals surface area contributed by atoms with Crippen molar-refractivity contribution in [1.82, 2.24) is 24.6 Å². The number of rotatable bonds is 6. The van der Waals surface area contributed by atoms with Crippen LogP contribution < -0.4 is 10.9 Å². The summed E-state index contributed by atoms with van der Waals surface area (Å²) in [5.41, 5.74) is 1.21. The molecule has 0 radical (unpaired) electrons. The molecule has 29 heavy (non-hydrogen) atoms. The van der Waals surface area contributed by atoms with Crippen molar-refractivity contribution in [2.75, 3.05) is 26.2 Å². The summed E-state index contributed by atoms with van der Waals surface area (Å²) in [6.07, 6.45) is 6.54. The third kappa shape index (κ3) is 3.79. The Morgan fingerprint density at radius 3 is 2.72 bits per heavy atom. The van der Waals surface area contributed by atoms with Gasteiger partial charge in [-0.3, -0.25) is 9.59 Å². The van der Waals surface area contributed by atoms with Gasteiger partial charge in [-0.25, -0.2) is 4.68 Å². The van der Waals surface area contributed by atoms with E-state index >= 15 is 0 Å². The van der Waals surface area contributed by atoms with Crippen LogP contribution in [0.5, 0.6) is 0 Å². The zero-order valence-corrected chi connectivity index (χ0v) is 17.2. The number of nitrogens with one attached hydrogen (secondary N) is 1. The molecule has 0 bridgehead atoms. The van der Waals surface area contributed by atoms with Gasteiger partial charge in [0.2, 0.25) is 5.91 Å². The Balaban J connectivity index is 1.54. The van der Waals surface area contributed by atoms with Crippen LogP contribution in [0, 0.1) is 0 Å². The van der Waals surface area contributed by atoms with Crippen molar-refractivity contribution in [3.05, 3.63) is 40.8 Å². The molecule has 3 aromatic rings. The summed E-state index contributed by atoms with van der Waals surface area (Å²) < 4.78 is 3.18. The van der Waals surface area contributed by atoms with E-state index in [0.29, 0.717) is 12.1 Å². The number of amides is 1. The molecule has 1 N–H and O–H groups in total. The number of aromatic nitrogens is 3. The lowest BCUT2D eigenvalue weighted by atomic mass is 10.1. The summed E-state index contributed by atoms with van der Waals surface area (Å²) in [4.78, 5) is 28.2. The molecule has 1 saturated heterocycles. The SMILES string of the molecule is C[C@H](C(=O)NCCCN1CCCCC1)n1c2ccccc2c2cnn(C)c(=O)c21. The Hall–Kier alpha value is -2.67. The summed E-state index contributed by atoms with van der Waals surface area (Å²) in [5.74, 6) is -0.0647. The smallest absolute Gasteiger partial charge is 0.291 e. The van der Waals surface area contributed by atoms with Gasteiger partial charge in [0.05, 0.1) is 11.7 Å². The number of likely N-dealkylation sites (tertiary alicyclic amines) is 1. The van der Waals surface area contributed by atoms with Crippen LogP contribution in [-0.4, -0.2) is 51.3 Å². The van der Waals surface area contributed by atoms with Gasteiger partial charge in [-0.1, -0.05) is 24.6 Å². The van der Waals surface area contributed by atoms with Crippen LogP contribution in [0.4, 0.5) is 0 Å². The first-order chi connectivity index (χ1) is 14.1. The second kappa shape index (κ2) is 8.37. The summed E-state index contributed by atoms with van der Waals surface area (Å²) >= 11 is 0. The Morgan fingerprint density at radius 2 is 1.93 bits per heavy atom. The van der Waals surface area contributed by atoms with Crippen molar-refractivity contribution < 1.29 is 4.79 Å². The summed E-state index contributed by atoms with van der Waals surface area (Å²) in [6, 6.07) is 7.31. The fourth-order valence-corrected chi connectivity index (χ4v) is 4.35. The van der Waals surface area contributed by atoms with E-state index in [-0.39, 0.29) is 11.5 Å². The highest BCUT2D eigenvalue weighted by Gasteiger charge is 2.23. The van der Waals surface area contributed by atoms with Gasteiger partial charge in [-0.2, -0.15) is 5.10 Å². The van der Waals surface area contributed by atoms with Gasteiger partial charge in [0.15, 0.2) is 0 Å². The van der Waals surface area contributed by atoms with Gasteiger partial charge in [-0.15, -0.1) is 0 Å². The molecule has 0 saturated carbocycles. The minimum atomic E-state index is -0.484. The topological polar surface area (TPSA) is 72.2 Å². The lowest BCUT2D eigenvalue weighted by Crippen LogP contribution is -2.36. The van der Waals surface area contributed by atoms with Crippen LogP contribution in [0.2, 0.25) is 0 Å². The first-order valence-electron chi connectivity index (χ1n) is 10.5. The quantitative estimate of drug-likeness (QED) is 0.651. The van der Waals surface area contributed by atoms with Gasteiger partial charge in [0.1, 0.15) is 11.6 Å². The number of carbonyl (C=O) groups excluding carboxylic acids is 1. The van der Waals surface area contributed by atoms with Gasteiger partial charge < -0.3 is 14.8 Å². The number of para-hydroxylation sites is 1. The van der Waals surface area contributed by atoms with E-state index in [9.17, 15) is 9.59 Å². The molecule has 3 heterocycles. The first kappa shape index (κ1) is 19.6. The van der Waals surface area contributed by atoms with Gasteiger partial charge in [-0.05, 0) is 51.9 Å². The van der Waals surface area contributed by atoms with E-state index in [4.69, 9.17) is 0 Å². The Labute approximate surface area is 170 Å². The third-order valence-corrected chi connectivity index (χ3v) is 5.97. The number of hydrogen-bond acceptors (Lipinski definition) is 4. The molecule has 0 spiro atoms. The van der Waals surface area contributed by atoms with Crippen molar-refractivity contribution in [3.63, 3.8) is 0 Å². The van der Waals surface area contributed by atoms with E-state index in [0.717, 1.165) is 29.3 Å². The normalized spacial score (nSPS) is 16.3. The van der Waals surface area contributed by atoms with E-state index in [1.165, 1.54) is 37.0 Å². The molecule has 154 valence electrons. The number of fused-ring (bicyclic) bond motifs is 3. The van der Waals surface area contributed by atoms with Crippen molar-refractivity contribution in [3.8, 4) is 0 Å². The highest BCUT2D eigenvalue weighted by molar-refractivity contribution is 6.08. The molecule has 1 aromatic carbocycles. The second-order valence-electron chi connectivity index (χ2n) is 7.95. The Kier molecular flexibility index (Phi) is 5.67. The molecule has 7 heteroatoms. The van der Waals surface area contributed by atoms with E-state index in [2.05, 4.69) is 15.3 Å². The lowest BCUT2D eigenvalue weighted by Gasteiger charge is -2.26. The fourth-order valence-electron chi connectivity index (χ4n) is 4.35. The fraction of sp³-hybridized carbons (Fsp3) is 0.500. The average molecular weight is 396 g/mol. The molecule has 1 aliphatic rings. The van der Waals surface area contributed by atoms with Crippen LogP contribution in [0.25, 0.3) is 21.8 Å². The van der Waals surface area contributed by atoms with Gasteiger partial charge in [0, 0.05) is 24.4 Å². The minimum absolute atomic E-state index is 0.0647. The predicted octanol–water partition coefficient (Wildman–Crippen LogP) is 2.44. The van der Waals surface area contributed by atoms with Crippen LogP contribution in [-0.2, 0) is 11.8 Å². The monoisotopic (exact) mass is 395 g/mol. The first-order valence-corrected chi connectivity index (χ1v) is 10.5. The number of hydrogen-bond donors (Lipinski definition) is 1. The number of aryl methyl sites for hydroxylation is 1. The summed E-state index contributed by atoms with van der Waals surface area (Å²) in [5, 5.41) is 8.96. The maximum absolute atomic E-state index is 12.9. The Morgan fingerprint density at radius 1 is 1.17 bits per heavy atom. The van der Waals surface area contributed by atoms with Crippen molar-refractivity contribution >= 4 is 27.7 Å². The molecule has 1 amide bonds. The van der Waals surface area contributed by atoms with Crippen molar-refractivity contribution in [2.45, 2.75) is 38.6 Å².